The van der Waals surface area contributed by atoms with Gasteiger partial charge in [0.1, 0.15) is 5.69 Å². The lowest BCUT2D eigenvalue weighted by molar-refractivity contribution is 0.0440. The van der Waals surface area contributed by atoms with Crippen LogP contribution in [0.25, 0.3) is 22.0 Å². The lowest BCUT2D eigenvalue weighted by Gasteiger charge is -2.44. The van der Waals surface area contributed by atoms with Gasteiger partial charge in [-0.2, -0.15) is 16.4 Å². The first kappa shape index (κ1) is 15.3. The van der Waals surface area contributed by atoms with Crippen LogP contribution >= 0.6 is 11.3 Å². The van der Waals surface area contributed by atoms with Gasteiger partial charge in [-0.15, -0.1) is 0 Å². The molecule has 0 spiro atoms. The Morgan fingerprint density at radius 1 is 1.24 bits per heavy atom. The van der Waals surface area contributed by atoms with Crippen LogP contribution in [0.15, 0.2) is 35.0 Å². The number of piperidine rings is 3. The number of Topliss-reactive ketones (excluding diaryl/α,β-unsaturated/α-hetero) is 1. The molecule has 2 bridgehead atoms. The summed E-state index contributed by atoms with van der Waals surface area (Å²) in [6.45, 7) is 3.51. The Morgan fingerprint density at radius 2 is 2.12 bits per heavy atom. The number of carbonyl (C=O) groups is 1. The fraction of sp³-hybridized carbons (Fsp3) is 0.400. The van der Waals surface area contributed by atoms with Crippen molar-refractivity contribution in [1.82, 2.24) is 15.1 Å². The van der Waals surface area contributed by atoms with Crippen LogP contribution in [0.4, 0.5) is 0 Å². The number of rotatable bonds is 4. The minimum atomic E-state index is 0.188. The molecule has 3 aliphatic heterocycles. The van der Waals surface area contributed by atoms with E-state index in [0.717, 1.165) is 28.9 Å². The van der Waals surface area contributed by atoms with E-state index in [0.29, 0.717) is 18.0 Å². The molecule has 0 saturated carbocycles. The minimum Gasteiger partial charge on any atom is -0.303 e. The monoisotopic (exact) mass is 351 g/mol. The van der Waals surface area contributed by atoms with Crippen LogP contribution in [-0.2, 0) is 0 Å². The van der Waals surface area contributed by atoms with Crippen LogP contribution in [-0.4, -0.2) is 40.5 Å². The van der Waals surface area contributed by atoms with E-state index >= 15 is 0 Å². The summed E-state index contributed by atoms with van der Waals surface area (Å²) in [7, 11) is 0. The number of nitrogens with zero attached hydrogens (tertiary/aromatic N) is 2. The lowest BCUT2D eigenvalue weighted by atomic mass is 9.76. The summed E-state index contributed by atoms with van der Waals surface area (Å²) in [6.07, 6.45) is 3.14. The smallest absolute Gasteiger partial charge is 0.184 e. The Morgan fingerprint density at radius 3 is 2.84 bits per heavy atom. The van der Waals surface area contributed by atoms with Crippen LogP contribution in [0, 0.1) is 11.8 Å². The van der Waals surface area contributed by atoms with Gasteiger partial charge in [0, 0.05) is 18.4 Å². The largest absolute Gasteiger partial charge is 0.303 e. The van der Waals surface area contributed by atoms with Crippen molar-refractivity contribution in [1.29, 1.82) is 0 Å². The topological polar surface area (TPSA) is 49.0 Å². The molecule has 5 heteroatoms. The summed E-state index contributed by atoms with van der Waals surface area (Å²) in [5.74, 6) is 1.42. The van der Waals surface area contributed by atoms with E-state index in [4.69, 9.17) is 0 Å². The first-order chi connectivity index (χ1) is 12.3. The number of benzene rings is 1. The molecular weight excluding hydrogens is 330 g/mol. The first-order valence-corrected chi connectivity index (χ1v) is 9.98. The molecule has 3 fully saturated rings. The highest BCUT2D eigenvalue weighted by molar-refractivity contribution is 7.08. The minimum absolute atomic E-state index is 0.188. The third kappa shape index (κ3) is 2.71. The summed E-state index contributed by atoms with van der Waals surface area (Å²) in [6, 6.07) is 8.33. The van der Waals surface area contributed by atoms with Gasteiger partial charge in [0.05, 0.1) is 5.52 Å². The first-order valence-electron chi connectivity index (χ1n) is 9.04. The SMILES string of the molecule is O=C(C[C@H]1CN2CCC1CC2)c1n[nH]c2cc(-c3ccsc3)ccc12. The normalized spacial score (nSPS) is 25.5. The number of ketones is 1. The van der Waals surface area contributed by atoms with Crippen molar-refractivity contribution in [3.8, 4) is 11.1 Å². The maximum atomic E-state index is 12.9. The number of H-pyrrole nitrogens is 1. The van der Waals surface area contributed by atoms with E-state index in [1.807, 2.05) is 6.07 Å². The maximum Gasteiger partial charge on any atom is 0.184 e. The Bertz CT molecular complexity index is 906. The number of thiophene rings is 1. The van der Waals surface area contributed by atoms with Gasteiger partial charge in [-0.25, -0.2) is 0 Å². The molecular formula is C20H21N3OS. The number of aromatic amines is 1. The molecule has 0 amide bonds. The second kappa shape index (κ2) is 6.07. The highest BCUT2D eigenvalue weighted by Crippen LogP contribution is 2.35. The van der Waals surface area contributed by atoms with E-state index in [9.17, 15) is 4.79 Å². The van der Waals surface area contributed by atoms with Crippen molar-refractivity contribution >= 4 is 28.0 Å². The van der Waals surface area contributed by atoms with Crippen LogP contribution in [0.1, 0.15) is 29.8 Å². The average molecular weight is 351 g/mol. The molecule has 6 rings (SSSR count). The highest BCUT2D eigenvalue weighted by atomic mass is 32.1. The van der Waals surface area contributed by atoms with Crippen LogP contribution < -0.4 is 0 Å². The van der Waals surface area contributed by atoms with Crippen LogP contribution in [0.3, 0.4) is 0 Å². The summed E-state index contributed by atoms with van der Waals surface area (Å²) >= 11 is 1.69. The van der Waals surface area contributed by atoms with Crippen LogP contribution in [0.2, 0.25) is 0 Å². The number of hydrogen-bond donors (Lipinski definition) is 1. The van der Waals surface area contributed by atoms with Gasteiger partial charge in [0.2, 0.25) is 0 Å². The van der Waals surface area contributed by atoms with Gasteiger partial charge in [0.15, 0.2) is 5.78 Å². The van der Waals surface area contributed by atoms with E-state index in [1.54, 1.807) is 11.3 Å². The molecule has 1 N–H and O–H groups in total. The van der Waals surface area contributed by atoms with Gasteiger partial charge < -0.3 is 4.90 Å². The quantitative estimate of drug-likeness (QED) is 0.717. The summed E-state index contributed by atoms with van der Waals surface area (Å²) < 4.78 is 0. The molecule has 128 valence electrons. The zero-order valence-corrected chi connectivity index (χ0v) is 14.9. The van der Waals surface area contributed by atoms with Gasteiger partial charge >= 0.3 is 0 Å². The Kier molecular flexibility index (Phi) is 3.71. The predicted molar refractivity (Wildman–Crippen MR) is 101 cm³/mol. The van der Waals surface area contributed by atoms with Gasteiger partial charge in [-0.05, 0) is 77.9 Å². The van der Waals surface area contributed by atoms with Gasteiger partial charge in [0.25, 0.3) is 0 Å². The van der Waals surface area contributed by atoms with Crippen molar-refractivity contribution in [2.24, 2.45) is 11.8 Å². The van der Waals surface area contributed by atoms with E-state index < -0.39 is 0 Å². The number of carbonyl (C=O) groups excluding carboxylic acids is 1. The lowest BCUT2D eigenvalue weighted by Crippen LogP contribution is -2.47. The number of fused-ring (bicyclic) bond motifs is 4. The molecule has 0 aliphatic carbocycles. The van der Waals surface area contributed by atoms with E-state index in [1.165, 1.54) is 31.5 Å². The second-order valence-electron chi connectivity index (χ2n) is 7.37. The zero-order chi connectivity index (χ0) is 16.8. The molecule has 1 atom stereocenters. The molecule has 3 saturated heterocycles. The molecule has 1 aromatic carbocycles. The van der Waals surface area contributed by atoms with Crippen molar-refractivity contribution in [3.05, 3.63) is 40.7 Å². The molecule has 4 nitrogen and oxygen atoms in total. The van der Waals surface area contributed by atoms with E-state index in [2.05, 4.69) is 44.1 Å². The van der Waals surface area contributed by atoms with Gasteiger partial charge in [-0.3, -0.25) is 9.89 Å². The molecule has 25 heavy (non-hydrogen) atoms. The molecule has 3 aliphatic rings. The van der Waals surface area contributed by atoms with Crippen molar-refractivity contribution in [2.75, 3.05) is 19.6 Å². The summed E-state index contributed by atoms with van der Waals surface area (Å²) in [5.41, 5.74) is 3.93. The van der Waals surface area contributed by atoms with Crippen molar-refractivity contribution in [2.45, 2.75) is 19.3 Å². The number of hydrogen-bond acceptors (Lipinski definition) is 4. The molecule has 0 radical (unpaired) electrons. The standard InChI is InChI=1S/C20H21N3OS/c24-19(10-16-11-23-6-3-13(16)4-7-23)20-17-2-1-14(9-18(17)21-22-20)15-5-8-25-12-15/h1-2,5,8-9,12-13,16H,3-4,6-7,10-11H2,(H,21,22)/t16-/m0/s1. The fourth-order valence-corrected chi connectivity index (χ4v) is 5.16. The van der Waals surface area contributed by atoms with Crippen LogP contribution in [0.5, 0.6) is 0 Å². The molecule has 5 heterocycles. The van der Waals surface area contributed by atoms with Crippen molar-refractivity contribution in [3.63, 3.8) is 0 Å². The third-order valence-electron chi connectivity index (χ3n) is 5.92. The molecule has 2 aromatic heterocycles. The predicted octanol–water partition coefficient (Wildman–Crippen LogP) is 4.21. The Hall–Kier alpha value is -1.98. The van der Waals surface area contributed by atoms with Crippen molar-refractivity contribution < 1.29 is 4.79 Å². The van der Waals surface area contributed by atoms with E-state index in [-0.39, 0.29) is 5.78 Å². The summed E-state index contributed by atoms with van der Waals surface area (Å²) in [5, 5.41) is 12.6. The fourth-order valence-electron chi connectivity index (χ4n) is 4.49. The molecule has 3 aromatic rings. The number of nitrogens with one attached hydrogen (secondary N) is 1. The Balaban J connectivity index is 1.40. The molecule has 0 unspecified atom stereocenters. The van der Waals surface area contributed by atoms with Gasteiger partial charge in [-0.1, -0.05) is 6.07 Å². The maximum absolute atomic E-state index is 12.9. The zero-order valence-electron chi connectivity index (χ0n) is 14.1. The second-order valence-corrected chi connectivity index (χ2v) is 8.15. The summed E-state index contributed by atoms with van der Waals surface area (Å²) in [4.78, 5) is 15.4. The number of aromatic nitrogens is 2. The average Bonchev–Trinajstić information content (AvgIpc) is 3.32. The Labute approximate surface area is 150 Å². The third-order valence-corrected chi connectivity index (χ3v) is 6.60. The highest BCUT2D eigenvalue weighted by Gasteiger charge is 2.35.